The van der Waals surface area contributed by atoms with Gasteiger partial charge in [0.05, 0.1) is 12.7 Å². The Morgan fingerprint density at radius 3 is 1.83 bits per heavy atom. The number of ether oxygens (including phenoxy) is 1. The van der Waals surface area contributed by atoms with Crippen molar-refractivity contribution in [2.75, 3.05) is 26.6 Å². The molecule has 1 radical (unpaired) electrons. The minimum Gasteiger partial charge on any atom is -0.422 e. The molecule has 1 saturated heterocycles. The summed E-state index contributed by atoms with van der Waals surface area (Å²) < 4.78 is 38.8. The zero-order valence-corrected chi connectivity index (χ0v) is 27.7. The molecule has 0 spiro atoms. The summed E-state index contributed by atoms with van der Waals surface area (Å²) in [6, 6.07) is 0. The number of rotatable bonds is 3. The molecular weight excluding hydrogens is 953 g/mol. The average Bonchev–Trinajstić information content (AvgIpc) is 2.54. The molecule has 0 saturated carbocycles. The molecule has 0 aromatic carbocycles. The predicted octanol–water partition coefficient (Wildman–Crippen LogP) is 1.44. The summed E-state index contributed by atoms with van der Waals surface area (Å²) in [6.45, 7) is 6.37. The summed E-state index contributed by atoms with van der Waals surface area (Å²) in [5.41, 5.74) is 0. The largest absolute Gasteiger partial charge is 0.422 e. The second-order valence-corrected chi connectivity index (χ2v) is 6.24. The van der Waals surface area contributed by atoms with Gasteiger partial charge in [0.2, 0.25) is 0 Å². The summed E-state index contributed by atoms with van der Waals surface area (Å²) in [4.78, 5) is 7.60. The first-order valence-corrected chi connectivity index (χ1v) is 10.4. The molecule has 1 fully saturated rings. The molecule has 14 heteroatoms. The fraction of sp³-hybridized carbons (Fsp3) is 0.889. The van der Waals surface area contributed by atoms with E-state index in [1.165, 1.54) is 13.3 Å². The van der Waals surface area contributed by atoms with Crippen molar-refractivity contribution < 1.29 is 129 Å². The van der Waals surface area contributed by atoms with E-state index >= 15 is 0 Å². The maximum absolute atomic E-state index is 10.6. The average molecular weight is 976 g/mol. The van der Waals surface area contributed by atoms with Crippen LogP contribution in [-0.4, -0.2) is 54.9 Å². The van der Waals surface area contributed by atoms with Crippen LogP contribution in [0.3, 0.4) is 0 Å². The molecule has 0 aliphatic carbocycles. The summed E-state index contributed by atoms with van der Waals surface area (Å²) in [7, 11) is -3.88. The molecule has 5 atom stereocenters. The number of hydrogen-bond acceptors (Lipinski definition) is 6. The van der Waals surface area contributed by atoms with E-state index in [1.807, 2.05) is 6.92 Å². The topological polar surface area (TPSA) is 110 Å². The summed E-state index contributed by atoms with van der Waals surface area (Å²) in [5.74, 6) is 0. The Morgan fingerprint density at radius 2 is 1.61 bits per heavy atom. The molecule has 0 aromatic rings. The van der Waals surface area contributed by atoms with Gasteiger partial charge in [-0.25, -0.2) is 0 Å². The number of aliphatic hydroxyl groups excluding tert-OH is 1. The van der Waals surface area contributed by atoms with Gasteiger partial charge in [0.25, 0.3) is 0 Å². The van der Waals surface area contributed by atoms with E-state index < -0.39 is 22.2 Å². The smallest absolute Gasteiger partial charge is 0.188 e. The quantitative estimate of drug-likeness (QED) is 0.326. The standard InChI is InChI=1S/C7H14O4P.CH5O2P.CH3OP.3W.Y/c1-5-3-6(8)7(11-5)4-10-12(2)9;1-4(2)3;1-3-2;;;;/h3,5-8,12H,4H2,1-2H3;4H,1H3,(H,2,3);1H3;;;;/q-1;;;;;;. The Morgan fingerprint density at radius 1 is 1.26 bits per heavy atom. The van der Waals surface area contributed by atoms with Gasteiger partial charge in [-0.3, -0.25) is 20.1 Å². The van der Waals surface area contributed by atoms with Crippen molar-refractivity contribution >= 4 is 24.5 Å². The molecule has 1 aliphatic rings. The van der Waals surface area contributed by atoms with E-state index in [9.17, 15) is 14.2 Å². The minimum absolute atomic E-state index is 0. The van der Waals surface area contributed by atoms with E-state index in [0.29, 0.717) is 0 Å². The molecule has 137 valence electrons. The van der Waals surface area contributed by atoms with E-state index in [-0.39, 0.29) is 123 Å². The Kier molecular flexibility index (Phi) is 49.6. The van der Waals surface area contributed by atoms with Crippen LogP contribution in [0, 0.1) is 6.42 Å². The van der Waals surface area contributed by atoms with Crippen LogP contribution < -0.4 is 0 Å². The van der Waals surface area contributed by atoms with Gasteiger partial charge in [0, 0.05) is 116 Å². The van der Waals surface area contributed by atoms with Crippen molar-refractivity contribution in [3.63, 3.8) is 0 Å². The van der Waals surface area contributed by atoms with Crippen LogP contribution in [0.5, 0.6) is 0 Å². The molecule has 5 unspecified atom stereocenters. The zero-order valence-electron chi connectivity index (χ0n) is 13.2. The van der Waals surface area contributed by atoms with Crippen LogP contribution in [0.15, 0.2) is 0 Å². The Balaban J connectivity index is -0.0000000573. The number of hydrogen-bond donors (Lipinski definition) is 2. The second-order valence-electron chi connectivity index (χ2n) is 3.57. The van der Waals surface area contributed by atoms with E-state index in [4.69, 9.17) is 18.7 Å². The maximum Gasteiger partial charge on any atom is 0.188 e. The Hall–Kier alpha value is 3.57. The van der Waals surface area contributed by atoms with Crippen LogP contribution in [0.2, 0.25) is 0 Å². The van der Waals surface area contributed by atoms with Crippen molar-refractivity contribution in [1.82, 2.24) is 0 Å². The molecule has 1 rings (SSSR count). The SMILES string of the molecule is CC1[CH-]C(O)C(CO[PH](C)=O)O1.CP=O.C[PH](=O)O.[W].[W].[W].[Y]. The van der Waals surface area contributed by atoms with Crippen LogP contribution >= 0.6 is 24.5 Å². The molecule has 0 amide bonds. The first-order chi connectivity index (χ1) is 8.74. The monoisotopic (exact) mass is 976 g/mol. The molecule has 7 nitrogen and oxygen atoms in total. The molecule has 0 aromatic heterocycles. The fourth-order valence-corrected chi connectivity index (χ4v) is 1.54. The third kappa shape index (κ3) is 33.6. The normalized spacial score (nSPS) is 23.7. The van der Waals surface area contributed by atoms with Gasteiger partial charge >= 0.3 is 0 Å². The third-order valence-corrected chi connectivity index (χ3v) is 2.26. The van der Waals surface area contributed by atoms with Crippen LogP contribution in [0.1, 0.15) is 6.92 Å². The summed E-state index contributed by atoms with van der Waals surface area (Å²) in [6.07, 6.45) is 0.698. The van der Waals surface area contributed by atoms with E-state index in [2.05, 4.69) is 0 Å². The molecule has 1 aliphatic heterocycles. The first-order valence-electron chi connectivity index (χ1n) is 5.47. The van der Waals surface area contributed by atoms with Crippen molar-refractivity contribution in [3.05, 3.63) is 6.42 Å². The van der Waals surface area contributed by atoms with Crippen molar-refractivity contribution in [2.24, 2.45) is 0 Å². The molecule has 2 N–H and O–H groups in total. The van der Waals surface area contributed by atoms with Gasteiger partial charge in [-0.1, -0.05) is 13.0 Å². The van der Waals surface area contributed by atoms with Gasteiger partial charge in [0.15, 0.2) is 24.5 Å². The molecule has 1 heterocycles. The van der Waals surface area contributed by atoms with Gasteiger partial charge in [0.1, 0.15) is 0 Å². The third-order valence-electron chi connectivity index (χ3n) is 1.69. The van der Waals surface area contributed by atoms with E-state index in [1.54, 1.807) is 13.1 Å². The Labute approximate surface area is 209 Å². The number of aliphatic hydroxyl groups is 1. The summed E-state index contributed by atoms with van der Waals surface area (Å²) >= 11 is 0. The molecule has 0 bridgehead atoms. The van der Waals surface area contributed by atoms with Crippen molar-refractivity contribution in [3.8, 4) is 0 Å². The minimum atomic E-state index is -2.13. The maximum atomic E-state index is 10.6. The second kappa shape index (κ2) is 27.8. The predicted molar refractivity (Wildman–Crippen MR) is 76.2 cm³/mol. The molecular formula is C9H22O7P3W3Y-. The van der Waals surface area contributed by atoms with Gasteiger partial charge in [-0.2, -0.15) is 0 Å². The van der Waals surface area contributed by atoms with Crippen LogP contribution in [-0.2, 0) is 119 Å². The van der Waals surface area contributed by atoms with E-state index in [0.717, 1.165) is 0 Å². The first kappa shape index (κ1) is 41.1. The zero-order chi connectivity index (χ0) is 15.4. The fourth-order valence-electron chi connectivity index (χ4n) is 1.14. The summed E-state index contributed by atoms with van der Waals surface area (Å²) in [5, 5.41) is 9.32. The van der Waals surface area contributed by atoms with Crippen LogP contribution in [0.4, 0.5) is 0 Å². The van der Waals surface area contributed by atoms with Gasteiger partial charge in [-0.05, 0) is 6.10 Å². The Bertz CT molecular complexity index is 302. The van der Waals surface area contributed by atoms with Gasteiger partial charge < -0.3 is 19.3 Å². The van der Waals surface area contributed by atoms with Gasteiger partial charge in [-0.15, -0.1) is 0 Å². The van der Waals surface area contributed by atoms with Crippen LogP contribution in [0.25, 0.3) is 0 Å². The van der Waals surface area contributed by atoms with Crippen molar-refractivity contribution in [2.45, 2.75) is 25.2 Å². The molecule has 23 heavy (non-hydrogen) atoms. The van der Waals surface area contributed by atoms with Crippen molar-refractivity contribution in [1.29, 1.82) is 0 Å².